The van der Waals surface area contributed by atoms with Crippen molar-refractivity contribution in [2.75, 3.05) is 38.3 Å². The summed E-state index contributed by atoms with van der Waals surface area (Å²) in [4.78, 5) is 6.94. The molecule has 0 unspecified atom stereocenters. The first kappa shape index (κ1) is 17.0. The zero-order valence-corrected chi connectivity index (χ0v) is 16.4. The molecule has 1 fully saturated rings. The predicted molar refractivity (Wildman–Crippen MR) is 103 cm³/mol. The van der Waals surface area contributed by atoms with Crippen molar-refractivity contribution in [3.8, 4) is 5.88 Å². The van der Waals surface area contributed by atoms with Crippen LogP contribution in [-0.2, 0) is 22.5 Å². The highest BCUT2D eigenvalue weighted by Gasteiger charge is 2.32. The molecule has 5 heterocycles. The van der Waals surface area contributed by atoms with E-state index in [-0.39, 0.29) is 5.60 Å². The van der Waals surface area contributed by atoms with E-state index in [0.29, 0.717) is 25.7 Å². The summed E-state index contributed by atoms with van der Waals surface area (Å²) in [7, 11) is 1.65. The van der Waals surface area contributed by atoms with E-state index in [9.17, 15) is 0 Å². The van der Waals surface area contributed by atoms with Crippen LogP contribution in [0.1, 0.15) is 25.1 Å². The number of morpholine rings is 1. The number of fused-ring (bicyclic) bond motifs is 5. The second kappa shape index (κ2) is 6.22. The molecule has 1 saturated heterocycles. The molecule has 0 atom stereocenters. The van der Waals surface area contributed by atoms with Crippen molar-refractivity contribution >= 4 is 37.5 Å². The van der Waals surface area contributed by atoms with Gasteiger partial charge in [-0.25, -0.2) is 4.98 Å². The van der Waals surface area contributed by atoms with E-state index in [1.807, 2.05) is 0 Å². The van der Waals surface area contributed by atoms with E-state index in [1.165, 1.54) is 5.56 Å². The molecule has 0 aromatic carbocycles. The number of nitrogens with zero attached hydrogens (tertiary/aromatic N) is 5. The molecule has 9 heteroatoms. The van der Waals surface area contributed by atoms with Gasteiger partial charge in [-0.05, 0) is 24.6 Å². The first-order valence-electron chi connectivity index (χ1n) is 9.05. The summed E-state index contributed by atoms with van der Waals surface area (Å²) in [5.74, 6) is 1.48. The van der Waals surface area contributed by atoms with Crippen LogP contribution < -0.4 is 9.64 Å². The van der Waals surface area contributed by atoms with Crippen molar-refractivity contribution in [1.82, 2.24) is 20.4 Å². The molecule has 0 bridgehead atoms. The quantitative estimate of drug-likeness (QED) is 0.663. The highest BCUT2D eigenvalue weighted by Crippen LogP contribution is 2.45. The van der Waals surface area contributed by atoms with Gasteiger partial charge in [-0.15, -0.1) is 21.5 Å². The van der Waals surface area contributed by atoms with Gasteiger partial charge < -0.3 is 19.1 Å². The normalized spacial score (nSPS) is 19.4. The Morgan fingerprint density at radius 2 is 1.96 bits per heavy atom. The molecule has 5 rings (SSSR count). The molecule has 142 valence electrons. The van der Waals surface area contributed by atoms with Crippen molar-refractivity contribution in [2.24, 2.45) is 0 Å². The van der Waals surface area contributed by atoms with Crippen molar-refractivity contribution in [3.05, 3.63) is 11.3 Å². The third-order valence-corrected chi connectivity index (χ3v) is 6.32. The molecule has 2 aliphatic heterocycles. The van der Waals surface area contributed by atoms with Gasteiger partial charge in [0.1, 0.15) is 10.2 Å². The predicted octanol–water partition coefficient (Wildman–Crippen LogP) is 2.33. The number of hydrogen-bond acceptors (Lipinski definition) is 9. The fraction of sp³-hybridized carbons (Fsp3) is 0.556. The van der Waals surface area contributed by atoms with Crippen molar-refractivity contribution in [3.63, 3.8) is 0 Å². The summed E-state index contributed by atoms with van der Waals surface area (Å²) >= 11 is 1.63. The van der Waals surface area contributed by atoms with Crippen LogP contribution in [0.3, 0.4) is 0 Å². The van der Waals surface area contributed by atoms with Crippen LogP contribution in [0.15, 0.2) is 0 Å². The zero-order chi connectivity index (χ0) is 18.6. The molecule has 3 aromatic rings. The smallest absolute Gasteiger partial charge is 0.231 e. The van der Waals surface area contributed by atoms with Crippen LogP contribution in [0.25, 0.3) is 20.3 Å². The van der Waals surface area contributed by atoms with Gasteiger partial charge in [0.2, 0.25) is 5.88 Å². The van der Waals surface area contributed by atoms with E-state index in [4.69, 9.17) is 19.2 Å². The molecule has 0 aliphatic carbocycles. The lowest BCUT2D eigenvalue weighted by Gasteiger charge is -2.31. The van der Waals surface area contributed by atoms with Crippen LogP contribution in [0.5, 0.6) is 5.88 Å². The Labute approximate surface area is 160 Å². The number of anilines is 1. The Bertz CT molecular complexity index is 1030. The Hall–Kier alpha value is -2.10. The Morgan fingerprint density at radius 1 is 1.15 bits per heavy atom. The average molecular weight is 387 g/mol. The molecule has 27 heavy (non-hydrogen) atoms. The van der Waals surface area contributed by atoms with Gasteiger partial charge in [-0.3, -0.25) is 0 Å². The summed E-state index contributed by atoms with van der Waals surface area (Å²) in [6.07, 6.45) is 0.776. The highest BCUT2D eigenvalue weighted by molar-refractivity contribution is 7.26. The molecule has 0 amide bonds. The fourth-order valence-electron chi connectivity index (χ4n) is 3.81. The average Bonchev–Trinajstić information content (AvgIpc) is 3.07. The SMILES string of the molecule is COc1nc2c(c3c1sc1c(N4CCOCC4)nnnc13)CC(C)(C)OC2. The minimum Gasteiger partial charge on any atom is -0.480 e. The maximum atomic E-state index is 5.96. The monoisotopic (exact) mass is 387 g/mol. The molecule has 0 N–H and O–H groups in total. The first-order valence-corrected chi connectivity index (χ1v) is 9.87. The summed E-state index contributed by atoms with van der Waals surface area (Å²) in [6, 6.07) is 0. The van der Waals surface area contributed by atoms with E-state index in [1.54, 1.807) is 18.4 Å². The van der Waals surface area contributed by atoms with Gasteiger partial charge in [-0.2, -0.15) is 0 Å². The van der Waals surface area contributed by atoms with Gasteiger partial charge in [0.15, 0.2) is 5.82 Å². The van der Waals surface area contributed by atoms with E-state index < -0.39 is 0 Å². The number of ether oxygens (including phenoxy) is 3. The highest BCUT2D eigenvalue weighted by atomic mass is 32.1. The summed E-state index contributed by atoms with van der Waals surface area (Å²) < 4.78 is 19.1. The molecule has 2 aliphatic rings. The van der Waals surface area contributed by atoms with E-state index in [2.05, 4.69) is 34.2 Å². The number of hydrogen-bond donors (Lipinski definition) is 0. The summed E-state index contributed by atoms with van der Waals surface area (Å²) in [5, 5.41) is 13.9. The second-order valence-corrected chi connectivity index (χ2v) is 8.49. The van der Waals surface area contributed by atoms with Crippen LogP contribution in [-0.4, -0.2) is 59.4 Å². The molecule has 3 aromatic heterocycles. The van der Waals surface area contributed by atoms with Crippen LogP contribution >= 0.6 is 11.3 Å². The second-order valence-electron chi connectivity index (χ2n) is 7.47. The first-order chi connectivity index (χ1) is 13.1. The van der Waals surface area contributed by atoms with Crippen molar-refractivity contribution in [2.45, 2.75) is 32.5 Å². The Balaban J connectivity index is 1.80. The summed E-state index contributed by atoms with van der Waals surface area (Å²) in [6.45, 7) is 7.68. The minimum atomic E-state index is -0.238. The maximum Gasteiger partial charge on any atom is 0.231 e. The lowest BCUT2D eigenvalue weighted by Crippen LogP contribution is -2.37. The number of methoxy groups -OCH3 is 1. The Morgan fingerprint density at radius 3 is 2.74 bits per heavy atom. The van der Waals surface area contributed by atoms with Crippen molar-refractivity contribution in [1.29, 1.82) is 0 Å². The van der Waals surface area contributed by atoms with Crippen LogP contribution in [0.4, 0.5) is 5.82 Å². The molecule has 0 saturated carbocycles. The zero-order valence-electron chi connectivity index (χ0n) is 15.6. The third kappa shape index (κ3) is 2.72. The minimum absolute atomic E-state index is 0.238. The molecular weight excluding hydrogens is 366 g/mol. The molecular formula is C18H21N5O3S. The van der Waals surface area contributed by atoms with E-state index >= 15 is 0 Å². The number of thiophene rings is 1. The third-order valence-electron chi connectivity index (χ3n) is 5.16. The number of aromatic nitrogens is 4. The van der Waals surface area contributed by atoms with Gasteiger partial charge in [-0.1, -0.05) is 0 Å². The lowest BCUT2D eigenvalue weighted by molar-refractivity contribution is -0.0417. The lowest BCUT2D eigenvalue weighted by atomic mass is 9.92. The topological polar surface area (TPSA) is 82.5 Å². The maximum absolute atomic E-state index is 5.96. The van der Waals surface area contributed by atoms with Gasteiger partial charge in [0, 0.05) is 24.9 Å². The standard InChI is InChI=1S/C18H21N5O3S/c1-18(2)8-10-11(9-26-18)19-17(24-3)14-12(10)13-15(27-14)16(21-22-20-13)23-4-6-25-7-5-23/h4-9H2,1-3H3. The Kier molecular flexibility index (Phi) is 3.92. The summed E-state index contributed by atoms with van der Waals surface area (Å²) in [5.41, 5.74) is 2.74. The fourth-order valence-corrected chi connectivity index (χ4v) is 5.05. The van der Waals surface area contributed by atoms with Gasteiger partial charge >= 0.3 is 0 Å². The van der Waals surface area contributed by atoms with E-state index in [0.717, 1.165) is 51.3 Å². The van der Waals surface area contributed by atoms with Crippen LogP contribution in [0.2, 0.25) is 0 Å². The molecule has 0 spiro atoms. The number of pyridine rings is 1. The van der Waals surface area contributed by atoms with Gasteiger partial charge in [0.05, 0.1) is 42.9 Å². The number of rotatable bonds is 2. The van der Waals surface area contributed by atoms with Crippen molar-refractivity contribution < 1.29 is 14.2 Å². The van der Waals surface area contributed by atoms with Crippen LogP contribution in [0, 0.1) is 0 Å². The molecule has 8 nitrogen and oxygen atoms in total. The largest absolute Gasteiger partial charge is 0.480 e. The van der Waals surface area contributed by atoms with Gasteiger partial charge in [0.25, 0.3) is 0 Å². The molecule has 0 radical (unpaired) electrons.